The predicted octanol–water partition coefficient (Wildman–Crippen LogP) is 1.56. The summed E-state index contributed by atoms with van der Waals surface area (Å²) in [7, 11) is 0. The van der Waals surface area contributed by atoms with E-state index in [1.54, 1.807) is 10.7 Å². The van der Waals surface area contributed by atoms with Crippen molar-refractivity contribution in [3.8, 4) is 11.5 Å². The average molecular weight is 276 g/mol. The Bertz CT molecular complexity index is 736. The van der Waals surface area contributed by atoms with Crippen molar-refractivity contribution in [1.29, 1.82) is 0 Å². The van der Waals surface area contributed by atoms with Crippen molar-refractivity contribution in [1.82, 2.24) is 19.8 Å². The highest BCUT2D eigenvalue weighted by Gasteiger charge is 2.14. The number of aliphatic carboxylic acids is 1. The van der Waals surface area contributed by atoms with Crippen LogP contribution in [0, 0.1) is 0 Å². The van der Waals surface area contributed by atoms with Gasteiger partial charge >= 0.3 is 5.97 Å². The lowest BCUT2D eigenvalue weighted by molar-refractivity contribution is -0.133. The summed E-state index contributed by atoms with van der Waals surface area (Å²) in [6.45, 7) is 0. The van der Waals surface area contributed by atoms with Gasteiger partial charge in [-0.25, -0.2) is 4.52 Å². The van der Waals surface area contributed by atoms with Gasteiger partial charge in [0.1, 0.15) is 5.75 Å². The highest BCUT2D eigenvalue weighted by molar-refractivity contribution is 7.99. The lowest BCUT2D eigenvalue weighted by Gasteiger charge is -1.92. The second-order valence-corrected chi connectivity index (χ2v) is 4.57. The van der Waals surface area contributed by atoms with E-state index in [9.17, 15) is 4.79 Å². The average Bonchev–Trinajstić information content (AvgIpc) is 3.02. The van der Waals surface area contributed by atoms with E-state index < -0.39 is 5.97 Å². The van der Waals surface area contributed by atoms with Crippen LogP contribution < -0.4 is 0 Å². The standard InChI is InChI=1S/C11H8N4O3S/c16-9(17)6-19-11-14-13-10(18-11)7-5-12-15-4-2-1-3-8(7)15/h1-5H,6H2,(H,16,17). The van der Waals surface area contributed by atoms with Gasteiger partial charge in [0, 0.05) is 6.20 Å². The molecule has 0 saturated carbocycles. The van der Waals surface area contributed by atoms with E-state index in [4.69, 9.17) is 9.52 Å². The van der Waals surface area contributed by atoms with Crippen molar-refractivity contribution in [3.05, 3.63) is 30.6 Å². The van der Waals surface area contributed by atoms with Crippen LogP contribution in [0.5, 0.6) is 0 Å². The Labute approximate surface area is 111 Å². The van der Waals surface area contributed by atoms with Crippen LogP contribution in [0.3, 0.4) is 0 Å². The summed E-state index contributed by atoms with van der Waals surface area (Å²) in [5.41, 5.74) is 1.57. The van der Waals surface area contributed by atoms with E-state index in [0.29, 0.717) is 5.89 Å². The van der Waals surface area contributed by atoms with Crippen molar-refractivity contribution >= 4 is 23.2 Å². The van der Waals surface area contributed by atoms with Gasteiger partial charge in [0.15, 0.2) is 0 Å². The van der Waals surface area contributed by atoms with Crippen LogP contribution in [0.15, 0.2) is 40.2 Å². The second-order valence-electron chi connectivity index (χ2n) is 3.64. The molecule has 0 saturated heterocycles. The van der Waals surface area contributed by atoms with Crippen LogP contribution in [0.25, 0.3) is 17.0 Å². The van der Waals surface area contributed by atoms with Gasteiger partial charge in [-0.05, 0) is 12.1 Å². The Morgan fingerprint density at radius 2 is 2.32 bits per heavy atom. The zero-order valence-electron chi connectivity index (χ0n) is 9.55. The second kappa shape index (κ2) is 4.73. The van der Waals surface area contributed by atoms with Gasteiger partial charge in [-0.15, -0.1) is 10.2 Å². The van der Waals surface area contributed by atoms with E-state index in [2.05, 4.69) is 15.3 Å². The maximum atomic E-state index is 10.5. The third-order valence-electron chi connectivity index (χ3n) is 2.38. The Kier molecular flexibility index (Phi) is 2.92. The fourth-order valence-electron chi connectivity index (χ4n) is 1.60. The molecule has 3 rings (SSSR count). The largest absolute Gasteiger partial charge is 0.481 e. The molecule has 0 amide bonds. The number of carboxylic acid groups (broad SMARTS) is 1. The first-order valence-electron chi connectivity index (χ1n) is 5.35. The highest BCUT2D eigenvalue weighted by Crippen LogP contribution is 2.26. The maximum Gasteiger partial charge on any atom is 0.314 e. The van der Waals surface area contributed by atoms with Crippen molar-refractivity contribution in [3.63, 3.8) is 0 Å². The van der Waals surface area contributed by atoms with Gasteiger partial charge in [0.05, 0.1) is 17.3 Å². The van der Waals surface area contributed by atoms with Crippen molar-refractivity contribution in [2.45, 2.75) is 5.22 Å². The van der Waals surface area contributed by atoms with Gasteiger partial charge in [-0.1, -0.05) is 17.8 Å². The first-order chi connectivity index (χ1) is 9.24. The Balaban J connectivity index is 1.92. The number of carboxylic acids is 1. The zero-order valence-corrected chi connectivity index (χ0v) is 10.4. The summed E-state index contributed by atoms with van der Waals surface area (Å²) < 4.78 is 7.11. The third-order valence-corrected chi connectivity index (χ3v) is 3.19. The molecule has 8 heteroatoms. The number of nitrogens with zero attached hydrogens (tertiary/aromatic N) is 4. The number of hydrogen-bond donors (Lipinski definition) is 1. The van der Waals surface area contributed by atoms with Crippen LogP contribution in [0.1, 0.15) is 0 Å². The van der Waals surface area contributed by atoms with E-state index in [-0.39, 0.29) is 11.0 Å². The number of aromatic nitrogens is 4. The lowest BCUT2D eigenvalue weighted by Crippen LogP contribution is -1.97. The maximum absolute atomic E-state index is 10.5. The molecule has 3 aromatic rings. The van der Waals surface area contributed by atoms with E-state index in [0.717, 1.165) is 22.8 Å². The Morgan fingerprint density at radius 3 is 3.16 bits per heavy atom. The van der Waals surface area contributed by atoms with Gasteiger partial charge in [0.2, 0.25) is 0 Å². The number of hydrogen-bond acceptors (Lipinski definition) is 6. The zero-order chi connectivity index (χ0) is 13.2. The molecule has 0 unspecified atom stereocenters. The number of carbonyl (C=O) groups is 1. The highest BCUT2D eigenvalue weighted by atomic mass is 32.2. The number of pyridine rings is 1. The van der Waals surface area contributed by atoms with Gasteiger partial charge in [-0.3, -0.25) is 4.79 Å². The number of thioether (sulfide) groups is 1. The first kappa shape index (κ1) is 11.7. The van der Waals surface area contributed by atoms with E-state index in [1.807, 2.05) is 24.4 Å². The lowest BCUT2D eigenvalue weighted by atomic mass is 10.2. The molecule has 0 spiro atoms. The molecule has 7 nitrogen and oxygen atoms in total. The van der Waals surface area contributed by atoms with Crippen molar-refractivity contribution < 1.29 is 14.3 Å². The minimum absolute atomic E-state index is 0.115. The molecule has 19 heavy (non-hydrogen) atoms. The molecule has 1 N–H and O–H groups in total. The summed E-state index contributed by atoms with van der Waals surface area (Å²) in [5.74, 6) is -0.717. The molecule has 0 aliphatic carbocycles. The summed E-state index contributed by atoms with van der Waals surface area (Å²) in [4.78, 5) is 10.5. The molecule has 0 radical (unpaired) electrons. The molecule has 0 aromatic carbocycles. The summed E-state index contributed by atoms with van der Waals surface area (Å²) in [6, 6.07) is 5.64. The molecule has 0 aliphatic heterocycles. The molecular formula is C11H8N4O3S. The van der Waals surface area contributed by atoms with E-state index in [1.165, 1.54) is 0 Å². The summed E-state index contributed by atoms with van der Waals surface area (Å²) in [6.07, 6.45) is 3.45. The van der Waals surface area contributed by atoms with Gasteiger partial charge in [-0.2, -0.15) is 5.10 Å². The summed E-state index contributed by atoms with van der Waals surface area (Å²) in [5, 5.41) is 20.7. The number of fused-ring (bicyclic) bond motifs is 1. The molecule has 0 atom stereocenters. The van der Waals surface area contributed by atoms with Crippen LogP contribution in [-0.4, -0.2) is 36.6 Å². The molecule has 0 aliphatic rings. The Morgan fingerprint density at radius 1 is 1.42 bits per heavy atom. The molecule has 3 heterocycles. The Hall–Kier alpha value is -2.35. The molecular weight excluding hydrogens is 268 g/mol. The minimum atomic E-state index is -0.930. The van der Waals surface area contributed by atoms with Gasteiger partial charge in [0.25, 0.3) is 11.1 Å². The normalized spacial score (nSPS) is 10.9. The topological polar surface area (TPSA) is 93.5 Å². The molecule has 96 valence electrons. The van der Waals surface area contributed by atoms with Crippen molar-refractivity contribution in [2.75, 3.05) is 5.75 Å². The fourth-order valence-corrected chi connectivity index (χ4v) is 2.08. The minimum Gasteiger partial charge on any atom is -0.481 e. The van der Waals surface area contributed by atoms with Crippen LogP contribution in [-0.2, 0) is 4.79 Å². The quantitative estimate of drug-likeness (QED) is 0.722. The number of rotatable bonds is 4. The molecule has 0 bridgehead atoms. The van der Waals surface area contributed by atoms with Gasteiger partial charge < -0.3 is 9.52 Å². The van der Waals surface area contributed by atoms with Crippen LogP contribution >= 0.6 is 11.8 Å². The predicted molar refractivity (Wildman–Crippen MR) is 66.8 cm³/mol. The SMILES string of the molecule is O=C(O)CSc1nnc(-c2cnn3ccccc23)o1. The molecule has 0 fully saturated rings. The third kappa shape index (κ3) is 2.29. The molecule has 3 aromatic heterocycles. The monoisotopic (exact) mass is 276 g/mol. The first-order valence-corrected chi connectivity index (χ1v) is 6.33. The summed E-state index contributed by atoms with van der Waals surface area (Å²) >= 11 is 0.985. The van der Waals surface area contributed by atoms with Crippen LogP contribution in [0.4, 0.5) is 0 Å². The van der Waals surface area contributed by atoms with Crippen LogP contribution in [0.2, 0.25) is 0 Å². The van der Waals surface area contributed by atoms with E-state index >= 15 is 0 Å². The van der Waals surface area contributed by atoms with Crippen molar-refractivity contribution in [2.24, 2.45) is 0 Å². The smallest absolute Gasteiger partial charge is 0.314 e. The fraction of sp³-hybridized carbons (Fsp3) is 0.0909.